The molecule has 0 spiro atoms. The lowest BCUT2D eigenvalue weighted by Gasteiger charge is -2.40. The van der Waals surface area contributed by atoms with Gasteiger partial charge in [-0.05, 0) is 89.9 Å². The van der Waals surface area contributed by atoms with Crippen LogP contribution in [0.2, 0.25) is 0 Å². The fraction of sp³-hybridized carbons (Fsp3) is 0.529. The molecule has 0 N–H and O–H groups in total. The van der Waals surface area contributed by atoms with E-state index in [1.807, 2.05) is 31.7 Å². The van der Waals surface area contributed by atoms with E-state index in [2.05, 4.69) is 59.8 Å². The normalized spacial score (nSPS) is 21.3. The summed E-state index contributed by atoms with van der Waals surface area (Å²) in [4.78, 5) is 17.4. The number of rotatable bonds is 7. The first-order valence-corrected chi connectivity index (χ1v) is 15.2. The monoisotopic (exact) mass is 560 g/mol. The number of carbonyl (C=O) groups excluding carboxylic acids is 1. The molecule has 0 radical (unpaired) electrons. The second-order valence-corrected chi connectivity index (χ2v) is 12.8. The molecule has 3 atom stereocenters. The Hall–Kier alpha value is -3.19. The van der Waals surface area contributed by atoms with Gasteiger partial charge in [0.05, 0.1) is 5.69 Å². The molecule has 0 aliphatic carbocycles. The molecule has 41 heavy (non-hydrogen) atoms. The Kier molecular flexibility index (Phi) is 8.83. The summed E-state index contributed by atoms with van der Waals surface area (Å²) in [6.07, 6.45) is 2.72. The summed E-state index contributed by atoms with van der Waals surface area (Å²) in [5.41, 5.74) is 4.17. The number of carbonyl (C=O) groups is 1. The number of benzene rings is 2. The molecule has 0 bridgehead atoms. The highest BCUT2D eigenvalue weighted by Gasteiger charge is 2.42. The van der Waals surface area contributed by atoms with E-state index in [0.29, 0.717) is 19.0 Å². The van der Waals surface area contributed by atoms with Gasteiger partial charge < -0.3 is 14.5 Å². The van der Waals surface area contributed by atoms with Crippen LogP contribution in [0.25, 0.3) is 0 Å². The molecule has 7 heteroatoms. The van der Waals surface area contributed by atoms with E-state index < -0.39 is 5.60 Å². The van der Waals surface area contributed by atoms with Gasteiger partial charge >= 0.3 is 6.09 Å². The van der Waals surface area contributed by atoms with Gasteiger partial charge in [0.2, 0.25) is 0 Å². The Morgan fingerprint density at radius 2 is 1.78 bits per heavy atom. The van der Waals surface area contributed by atoms with E-state index in [4.69, 9.17) is 9.84 Å². The molecular formula is C34H45FN4O2. The molecular weight excluding hydrogens is 515 g/mol. The Labute approximate surface area is 244 Å². The van der Waals surface area contributed by atoms with Crippen LogP contribution in [0.3, 0.4) is 0 Å². The molecule has 2 aliphatic rings. The molecule has 220 valence electrons. The zero-order valence-electron chi connectivity index (χ0n) is 25.2. The van der Waals surface area contributed by atoms with Gasteiger partial charge in [-0.1, -0.05) is 42.5 Å². The Balaban J connectivity index is 1.27. The van der Waals surface area contributed by atoms with Crippen LogP contribution in [-0.2, 0) is 17.7 Å². The average Bonchev–Trinajstić information content (AvgIpc) is 3.57. The van der Waals surface area contributed by atoms with Crippen LogP contribution in [0.5, 0.6) is 0 Å². The number of likely N-dealkylation sites (tertiary alicyclic amines) is 2. The molecule has 3 aromatic rings. The van der Waals surface area contributed by atoms with Crippen molar-refractivity contribution in [3.63, 3.8) is 0 Å². The van der Waals surface area contributed by atoms with Crippen molar-refractivity contribution >= 4 is 6.09 Å². The van der Waals surface area contributed by atoms with E-state index in [9.17, 15) is 9.18 Å². The summed E-state index contributed by atoms with van der Waals surface area (Å²) >= 11 is 0. The summed E-state index contributed by atoms with van der Waals surface area (Å²) < 4.78 is 22.2. The highest BCUT2D eigenvalue weighted by Crippen LogP contribution is 2.39. The first-order chi connectivity index (χ1) is 19.6. The molecule has 2 aromatic carbocycles. The summed E-state index contributed by atoms with van der Waals surface area (Å²) in [5, 5.41) is 4.94. The van der Waals surface area contributed by atoms with Crippen LogP contribution in [0.1, 0.15) is 81.8 Å². The summed E-state index contributed by atoms with van der Waals surface area (Å²) in [7, 11) is 0. The largest absolute Gasteiger partial charge is 0.444 e. The van der Waals surface area contributed by atoms with Gasteiger partial charge in [-0.25, -0.2) is 9.18 Å². The van der Waals surface area contributed by atoms with Gasteiger partial charge in [0.25, 0.3) is 0 Å². The third-order valence-corrected chi connectivity index (χ3v) is 8.83. The van der Waals surface area contributed by atoms with Crippen molar-refractivity contribution in [3.05, 3.63) is 89.0 Å². The number of nitrogens with zero attached hydrogens (tertiary/aromatic N) is 4. The molecule has 3 heterocycles. The standard InChI is InChI=1S/C34H45FN4O2/c1-6-39-32(21-29(36-39)19-25-11-8-7-9-12-25)26-15-17-37(18-16-26)24(2)30-22-38(33(40)41-34(3,4)5)23-31(30)27-13-10-14-28(35)20-27/h7-14,20-21,24,26,30-31H,6,15-19,22-23H2,1-5H3/t24-,30-,31+/m0/s1. The molecule has 1 aromatic heterocycles. The maximum absolute atomic E-state index is 14.2. The van der Waals surface area contributed by atoms with E-state index in [-0.39, 0.29) is 29.8 Å². The minimum absolute atomic E-state index is 0.0630. The minimum atomic E-state index is -0.553. The first-order valence-electron chi connectivity index (χ1n) is 15.2. The van der Waals surface area contributed by atoms with Crippen LogP contribution in [0, 0.1) is 11.7 Å². The minimum Gasteiger partial charge on any atom is -0.444 e. The maximum atomic E-state index is 14.2. The van der Waals surface area contributed by atoms with Crippen molar-refractivity contribution in [1.29, 1.82) is 0 Å². The number of piperidine rings is 1. The van der Waals surface area contributed by atoms with Crippen molar-refractivity contribution in [2.24, 2.45) is 5.92 Å². The third kappa shape index (κ3) is 7.00. The third-order valence-electron chi connectivity index (χ3n) is 8.83. The molecule has 2 aliphatic heterocycles. The topological polar surface area (TPSA) is 50.6 Å². The van der Waals surface area contributed by atoms with Crippen LogP contribution >= 0.6 is 0 Å². The highest BCUT2D eigenvalue weighted by atomic mass is 19.1. The number of aromatic nitrogens is 2. The number of amides is 1. The van der Waals surface area contributed by atoms with Gasteiger partial charge in [0.1, 0.15) is 11.4 Å². The average molecular weight is 561 g/mol. The van der Waals surface area contributed by atoms with E-state index >= 15 is 0 Å². The molecule has 5 rings (SSSR count). The predicted molar refractivity (Wildman–Crippen MR) is 161 cm³/mol. The summed E-state index contributed by atoms with van der Waals surface area (Å²) in [6, 6.07) is 20.0. The Morgan fingerprint density at radius 3 is 2.44 bits per heavy atom. The lowest BCUT2D eigenvalue weighted by molar-refractivity contribution is 0.0275. The second-order valence-electron chi connectivity index (χ2n) is 12.8. The van der Waals surface area contributed by atoms with Crippen molar-refractivity contribution in [2.45, 2.75) is 83.9 Å². The van der Waals surface area contributed by atoms with Gasteiger partial charge in [-0.3, -0.25) is 4.68 Å². The SMILES string of the molecule is CCn1nc(Cc2ccccc2)cc1C1CCN([C@@H](C)[C@@H]2CN(C(=O)OC(C)(C)C)C[C@@H]2c2cccc(F)c2)CC1. The van der Waals surface area contributed by atoms with Crippen molar-refractivity contribution in [3.8, 4) is 0 Å². The molecule has 0 saturated carbocycles. The fourth-order valence-electron chi connectivity index (χ4n) is 6.72. The maximum Gasteiger partial charge on any atom is 0.410 e. The number of ether oxygens (including phenoxy) is 1. The number of halogens is 1. The zero-order chi connectivity index (χ0) is 29.1. The molecule has 6 nitrogen and oxygen atoms in total. The van der Waals surface area contributed by atoms with Gasteiger partial charge in [-0.2, -0.15) is 5.10 Å². The van der Waals surface area contributed by atoms with Crippen molar-refractivity contribution in [2.75, 3.05) is 26.2 Å². The van der Waals surface area contributed by atoms with Crippen LogP contribution in [-0.4, -0.2) is 63.5 Å². The quantitative estimate of drug-likeness (QED) is 0.317. The van der Waals surface area contributed by atoms with Crippen LogP contribution in [0.15, 0.2) is 60.7 Å². The lowest BCUT2D eigenvalue weighted by atomic mass is 9.82. The summed E-state index contributed by atoms with van der Waals surface area (Å²) in [5.74, 6) is 0.508. The lowest BCUT2D eigenvalue weighted by Crippen LogP contribution is -2.45. The summed E-state index contributed by atoms with van der Waals surface area (Å²) in [6.45, 7) is 14.2. The smallest absolute Gasteiger partial charge is 0.410 e. The van der Waals surface area contributed by atoms with E-state index in [1.165, 1.54) is 17.3 Å². The predicted octanol–water partition coefficient (Wildman–Crippen LogP) is 6.85. The number of aryl methyl sites for hydroxylation is 1. The van der Waals surface area contributed by atoms with Crippen molar-refractivity contribution in [1.82, 2.24) is 19.6 Å². The first kappa shape index (κ1) is 29.3. The fourth-order valence-corrected chi connectivity index (χ4v) is 6.72. The van der Waals surface area contributed by atoms with Gasteiger partial charge in [0.15, 0.2) is 0 Å². The Morgan fingerprint density at radius 1 is 1.05 bits per heavy atom. The molecule has 2 saturated heterocycles. The number of hydrogen-bond acceptors (Lipinski definition) is 4. The highest BCUT2D eigenvalue weighted by molar-refractivity contribution is 5.68. The van der Waals surface area contributed by atoms with Crippen LogP contribution in [0.4, 0.5) is 9.18 Å². The molecule has 0 unspecified atom stereocenters. The van der Waals surface area contributed by atoms with Crippen LogP contribution < -0.4 is 0 Å². The molecule has 1 amide bonds. The van der Waals surface area contributed by atoms with Crippen molar-refractivity contribution < 1.29 is 13.9 Å². The Bertz CT molecular complexity index is 1310. The second kappa shape index (κ2) is 12.4. The number of hydrogen-bond donors (Lipinski definition) is 0. The zero-order valence-corrected chi connectivity index (χ0v) is 25.2. The van der Waals surface area contributed by atoms with Gasteiger partial charge in [-0.15, -0.1) is 0 Å². The molecule has 2 fully saturated rings. The van der Waals surface area contributed by atoms with E-state index in [0.717, 1.165) is 50.2 Å². The van der Waals surface area contributed by atoms with E-state index in [1.54, 1.807) is 12.1 Å². The van der Waals surface area contributed by atoms with Gasteiger partial charge in [0, 0.05) is 55.5 Å².